The fourth-order valence-electron chi connectivity index (χ4n) is 2.57. The van der Waals surface area contributed by atoms with Gasteiger partial charge in [0.15, 0.2) is 5.69 Å². The van der Waals surface area contributed by atoms with Gasteiger partial charge in [-0.15, -0.1) is 0 Å². The minimum atomic E-state index is -0.392. The van der Waals surface area contributed by atoms with Gasteiger partial charge in [-0.1, -0.05) is 19.1 Å². The molecule has 26 heavy (non-hydrogen) atoms. The number of rotatable bonds is 6. The minimum Gasteiger partial charge on any atom is -0.497 e. The molecule has 0 aliphatic heterocycles. The van der Waals surface area contributed by atoms with Gasteiger partial charge < -0.3 is 15.4 Å². The maximum atomic E-state index is 12.7. The van der Waals surface area contributed by atoms with Crippen LogP contribution in [0.4, 0.5) is 5.69 Å². The number of imidazole rings is 1. The van der Waals surface area contributed by atoms with E-state index in [0.29, 0.717) is 23.5 Å². The van der Waals surface area contributed by atoms with Crippen molar-refractivity contribution >= 4 is 23.0 Å². The van der Waals surface area contributed by atoms with E-state index in [0.717, 1.165) is 6.42 Å². The molecule has 0 aliphatic rings. The van der Waals surface area contributed by atoms with E-state index in [1.165, 1.54) is 0 Å². The average molecular weight is 352 g/mol. The van der Waals surface area contributed by atoms with Crippen LogP contribution < -0.4 is 15.4 Å². The Balaban J connectivity index is 1.94. The van der Waals surface area contributed by atoms with E-state index >= 15 is 0 Å². The van der Waals surface area contributed by atoms with Crippen molar-refractivity contribution in [1.29, 1.82) is 0 Å². The van der Waals surface area contributed by atoms with Crippen molar-refractivity contribution in [3.63, 3.8) is 0 Å². The summed E-state index contributed by atoms with van der Waals surface area (Å²) in [5, 5.41) is 5.58. The zero-order valence-corrected chi connectivity index (χ0v) is 14.7. The second kappa shape index (κ2) is 7.69. The Morgan fingerprint density at radius 1 is 1.15 bits per heavy atom. The molecule has 0 radical (unpaired) electrons. The van der Waals surface area contributed by atoms with Gasteiger partial charge in [-0.25, -0.2) is 4.98 Å². The summed E-state index contributed by atoms with van der Waals surface area (Å²) in [6, 6.07) is 12.4. The molecule has 1 aromatic carbocycles. The standard InChI is InChI=1S/C19H20N4O3/c1-3-10-20-19(25)17-22-16(15-9-4-5-11-23(15)17)18(24)21-13-7-6-8-14(12-13)26-2/h4-9,11-12H,3,10H2,1-2H3,(H,20,25)(H,21,24). The third-order valence-corrected chi connectivity index (χ3v) is 3.83. The Bertz CT molecular complexity index is 949. The smallest absolute Gasteiger partial charge is 0.287 e. The lowest BCUT2D eigenvalue weighted by atomic mass is 10.2. The summed E-state index contributed by atoms with van der Waals surface area (Å²) < 4.78 is 6.78. The highest BCUT2D eigenvalue weighted by Crippen LogP contribution is 2.19. The molecule has 3 aromatic rings. The van der Waals surface area contributed by atoms with Crippen molar-refractivity contribution in [3.8, 4) is 5.75 Å². The number of carbonyl (C=O) groups is 2. The molecule has 0 aliphatic carbocycles. The SMILES string of the molecule is CCCNC(=O)c1nc(C(=O)Nc2cccc(OC)c2)c2ccccn12. The first kappa shape index (κ1) is 17.5. The van der Waals surface area contributed by atoms with Crippen LogP contribution in [0.2, 0.25) is 0 Å². The number of benzene rings is 1. The van der Waals surface area contributed by atoms with E-state index in [2.05, 4.69) is 15.6 Å². The molecule has 134 valence electrons. The number of aromatic nitrogens is 2. The highest BCUT2D eigenvalue weighted by Gasteiger charge is 2.21. The molecule has 0 unspecified atom stereocenters. The quantitative estimate of drug-likeness (QED) is 0.714. The predicted molar refractivity (Wildman–Crippen MR) is 98.8 cm³/mol. The van der Waals surface area contributed by atoms with Gasteiger partial charge >= 0.3 is 0 Å². The monoisotopic (exact) mass is 352 g/mol. The van der Waals surface area contributed by atoms with Crippen LogP contribution in [0.3, 0.4) is 0 Å². The van der Waals surface area contributed by atoms with Gasteiger partial charge in [0.2, 0.25) is 5.82 Å². The lowest BCUT2D eigenvalue weighted by Gasteiger charge is -2.05. The molecule has 2 aromatic heterocycles. The molecule has 0 saturated carbocycles. The number of hydrogen-bond acceptors (Lipinski definition) is 4. The van der Waals surface area contributed by atoms with E-state index < -0.39 is 5.91 Å². The summed E-state index contributed by atoms with van der Waals surface area (Å²) in [6.07, 6.45) is 2.53. The summed E-state index contributed by atoms with van der Waals surface area (Å²) in [5.74, 6) is 0.118. The topological polar surface area (TPSA) is 84.7 Å². The number of nitrogens with one attached hydrogen (secondary N) is 2. The van der Waals surface area contributed by atoms with Crippen LogP contribution >= 0.6 is 0 Å². The summed E-state index contributed by atoms with van der Waals surface area (Å²) in [6.45, 7) is 2.52. The number of pyridine rings is 1. The second-order valence-electron chi connectivity index (χ2n) is 5.68. The van der Waals surface area contributed by atoms with E-state index in [4.69, 9.17) is 4.74 Å². The molecule has 7 nitrogen and oxygen atoms in total. The molecule has 0 spiro atoms. The zero-order chi connectivity index (χ0) is 18.5. The van der Waals surface area contributed by atoms with Crippen molar-refractivity contribution in [1.82, 2.24) is 14.7 Å². The largest absolute Gasteiger partial charge is 0.497 e. The average Bonchev–Trinajstić information content (AvgIpc) is 3.06. The molecule has 7 heteroatoms. The predicted octanol–water partition coefficient (Wildman–Crippen LogP) is 2.74. The van der Waals surface area contributed by atoms with Gasteiger partial charge in [0.05, 0.1) is 12.6 Å². The number of anilines is 1. The number of amides is 2. The lowest BCUT2D eigenvalue weighted by molar-refractivity contribution is 0.0942. The maximum Gasteiger partial charge on any atom is 0.287 e. The van der Waals surface area contributed by atoms with Crippen LogP contribution in [0.25, 0.3) is 5.52 Å². The molecule has 2 amide bonds. The van der Waals surface area contributed by atoms with E-state index in [1.54, 1.807) is 60.2 Å². The second-order valence-corrected chi connectivity index (χ2v) is 5.68. The van der Waals surface area contributed by atoms with Crippen molar-refractivity contribution in [2.45, 2.75) is 13.3 Å². The summed E-state index contributed by atoms with van der Waals surface area (Å²) in [5.41, 5.74) is 1.34. The van der Waals surface area contributed by atoms with Gasteiger partial charge in [-0.3, -0.25) is 14.0 Å². The van der Waals surface area contributed by atoms with E-state index in [9.17, 15) is 9.59 Å². The number of methoxy groups -OCH3 is 1. The number of hydrogen-bond donors (Lipinski definition) is 2. The van der Waals surface area contributed by atoms with Crippen molar-refractivity contribution in [2.24, 2.45) is 0 Å². The molecule has 0 saturated heterocycles. The molecule has 3 rings (SSSR count). The maximum absolute atomic E-state index is 12.7. The van der Waals surface area contributed by atoms with Crippen LogP contribution in [0.5, 0.6) is 5.75 Å². The Morgan fingerprint density at radius 2 is 2.00 bits per heavy atom. The van der Waals surface area contributed by atoms with Crippen molar-refractivity contribution in [2.75, 3.05) is 19.0 Å². The number of carbonyl (C=O) groups excluding carboxylic acids is 2. The molecule has 0 fully saturated rings. The third kappa shape index (κ3) is 3.51. The van der Waals surface area contributed by atoms with E-state index in [1.807, 2.05) is 6.92 Å². The Hall–Kier alpha value is -3.35. The van der Waals surface area contributed by atoms with Crippen LogP contribution in [-0.4, -0.2) is 34.9 Å². The number of fused-ring (bicyclic) bond motifs is 1. The van der Waals surface area contributed by atoms with Gasteiger partial charge in [0.1, 0.15) is 5.75 Å². The van der Waals surface area contributed by atoms with Crippen molar-refractivity contribution in [3.05, 3.63) is 60.2 Å². The van der Waals surface area contributed by atoms with Crippen LogP contribution in [0, 0.1) is 0 Å². The molecule has 0 bridgehead atoms. The fraction of sp³-hybridized carbons (Fsp3) is 0.211. The number of ether oxygens (including phenoxy) is 1. The van der Waals surface area contributed by atoms with E-state index in [-0.39, 0.29) is 17.4 Å². The van der Waals surface area contributed by atoms with Crippen LogP contribution in [0.15, 0.2) is 48.7 Å². The molecule has 0 atom stereocenters. The third-order valence-electron chi connectivity index (χ3n) is 3.83. The normalized spacial score (nSPS) is 10.5. The van der Waals surface area contributed by atoms with Crippen LogP contribution in [-0.2, 0) is 0 Å². The van der Waals surface area contributed by atoms with Crippen LogP contribution in [0.1, 0.15) is 34.5 Å². The molecular weight excluding hydrogens is 332 g/mol. The lowest BCUT2D eigenvalue weighted by Crippen LogP contribution is -2.26. The first-order valence-corrected chi connectivity index (χ1v) is 8.34. The zero-order valence-electron chi connectivity index (χ0n) is 14.7. The Labute approximate surface area is 151 Å². The first-order chi connectivity index (χ1) is 12.6. The van der Waals surface area contributed by atoms with Crippen molar-refractivity contribution < 1.29 is 14.3 Å². The minimum absolute atomic E-state index is 0.185. The van der Waals surface area contributed by atoms with Gasteiger partial charge in [-0.2, -0.15) is 0 Å². The summed E-state index contributed by atoms with van der Waals surface area (Å²) in [7, 11) is 1.56. The molecule has 2 heterocycles. The van der Waals surface area contributed by atoms with Gasteiger partial charge in [0, 0.05) is 24.5 Å². The molecular formula is C19H20N4O3. The van der Waals surface area contributed by atoms with Gasteiger partial charge in [-0.05, 0) is 30.7 Å². The Kier molecular flexibility index (Phi) is 5.17. The Morgan fingerprint density at radius 3 is 2.77 bits per heavy atom. The molecule has 2 N–H and O–H groups in total. The fourth-order valence-corrected chi connectivity index (χ4v) is 2.57. The highest BCUT2D eigenvalue weighted by molar-refractivity contribution is 6.09. The first-order valence-electron chi connectivity index (χ1n) is 8.34. The number of nitrogens with zero attached hydrogens (tertiary/aromatic N) is 2. The highest BCUT2D eigenvalue weighted by atomic mass is 16.5. The summed E-state index contributed by atoms with van der Waals surface area (Å²) in [4.78, 5) is 29.4. The summed E-state index contributed by atoms with van der Waals surface area (Å²) >= 11 is 0. The van der Waals surface area contributed by atoms with Gasteiger partial charge in [0.25, 0.3) is 11.8 Å².